The molecule has 0 aliphatic heterocycles. The number of H-pyrrole nitrogens is 1. The fourth-order valence-corrected chi connectivity index (χ4v) is 2.02. The van der Waals surface area contributed by atoms with Crippen LogP contribution >= 0.6 is 0 Å². The maximum atomic E-state index is 12.2. The number of nitrogens with one attached hydrogen (secondary N) is 2. The Hall–Kier alpha value is -2.28. The monoisotopic (exact) mass is 289 g/mol. The highest BCUT2D eigenvalue weighted by molar-refractivity contribution is 5.94. The van der Waals surface area contributed by atoms with Crippen LogP contribution in [0.3, 0.4) is 0 Å². The Morgan fingerprint density at radius 1 is 1.33 bits per heavy atom. The number of benzene rings is 1. The van der Waals surface area contributed by atoms with Crippen LogP contribution in [-0.4, -0.2) is 44.3 Å². The first-order chi connectivity index (χ1) is 10.1. The lowest BCUT2D eigenvalue weighted by Gasteiger charge is -2.21. The van der Waals surface area contributed by atoms with Gasteiger partial charge in [-0.25, -0.2) is 0 Å². The minimum absolute atomic E-state index is 0.0422. The highest BCUT2D eigenvalue weighted by Crippen LogP contribution is 2.14. The van der Waals surface area contributed by atoms with Crippen molar-refractivity contribution in [1.82, 2.24) is 25.9 Å². The van der Waals surface area contributed by atoms with E-state index < -0.39 is 0 Å². The van der Waals surface area contributed by atoms with E-state index >= 15 is 0 Å². The highest BCUT2D eigenvalue weighted by Gasteiger charge is 2.16. The van der Waals surface area contributed by atoms with E-state index in [2.05, 4.69) is 25.9 Å². The average Bonchev–Trinajstić information content (AvgIpc) is 3.01. The average molecular weight is 289 g/mol. The number of amides is 1. The summed E-state index contributed by atoms with van der Waals surface area (Å²) in [6, 6.07) is 6.94. The molecule has 3 N–H and O–H groups in total. The van der Waals surface area contributed by atoms with Crippen molar-refractivity contribution in [2.45, 2.75) is 26.3 Å². The molecule has 1 heterocycles. The van der Waals surface area contributed by atoms with Gasteiger partial charge in [0.25, 0.3) is 5.91 Å². The van der Waals surface area contributed by atoms with E-state index in [1.165, 1.54) is 0 Å². The quantitative estimate of drug-likeness (QED) is 0.736. The molecule has 1 amide bonds. The molecule has 0 spiro atoms. The molecule has 112 valence electrons. The second-order valence-corrected chi connectivity index (χ2v) is 5.15. The van der Waals surface area contributed by atoms with Crippen molar-refractivity contribution in [3.63, 3.8) is 0 Å². The Kier molecular flexibility index (Phi) is 4.99. The van der Waals surface area contributed by atoms with Crippen molar-refractivity contribution < 1.29 is 9.90 Å². The molecule has 0 fully saturated rings. The number of hydrogen-bond acceptors (Lipinski definition) is 5. The second kappa shape index (κ2) is 6.94. The van der Waals surface area contributed by atoms with E-state index in [0.717, 1.165) is 5.56 Å². The topological polar surface area (TPSA) is 104 Å². The summed E-state index contributed by atoms with van der Waals surface area (Å²) in [5, 5.41) is 25.6. The molecule has 1 unspecified atom stereocenters. The van der Waals surface area contributed by atoms with E-state index in [-0.39, 0.29) is 24.5 Å². The van der Waals surface area contributed by atoms with Crippen molar-refractivity contribution in [1.29, 1.82) is 0 Å². The number of tetrazole rings is 1. The molecule has 1 atom stereocenters. The minimum atomic E-state index is -0.151. The number of aliphatic hydroxyl groups excluding tert-OH is 1. The van der Waals surface area contributed by atoms with Gasteiger partial charge in [0.2, 0.25) is 5.82 Å². The first-order valence-electron chi connectivity index (χ1n) is 6.87. The Bertz CT molecular complexity index is 566. The number of carbonyl (C=O) groups excluding carboxylic acids is 1. The van der Waals surface area contributed by atoms with Crippen LogP contribution in [-0.2, 0) is 0 Å². The van der Waals surface area contributed by atoms with Gasteiger partial charge in [0.15, 0.2) is 0 Å². The molecule has 2 rings (SSSR count). The van der Waals surface area contributed by atoms with Gasteiger partial charge in [0.1, 0.15) is 0 Å². The number of hydrogen-bond donors (Lipinski definition) is 3. The number of nitrogens with zero attached hydrogens (tertiary/aromatic N) is 3. The highest BCUT2D eigenvalue weighted by atomic mass is 16.3. The van der Waals surface area contributed by atoms with Crippen LogP contribution in [0.5, 0.6) is 0 Å². The molecule has 1 aromatic heterocycles. The Balaban J connectivity index is 2.06. The third kappa shape index (κ3) is 3.85. The SMILES string of the molecule is CC(C)C(CCO)NC(=O)c1ccc(-c2nn[nH]n2)cc1. The third-order valence-corrected chi connectivity index (χ3v) is 3.31. The van der Waals surface area contributed by atoms with Gasteiger partial charge in [0.05, 0.1) is 0 Å². The van der Waals surface area contributed by atoms with E-state index in [4.69, 9.17) is 5.11 Å². The summed E-state index contributed by atoms with van der Waals surface area (Å²) in [5.41, 5.74) is 1.35. The largest absolute Gasteiger partial charge is 0.396 e. The molecular weight excluding hydrogens is 270 g/mol. The Morgan fingerprint density at radius 2 is 2.05 bits per heavy atom. The number of aromatic nitrogens is 4. The van der Waals surface area contributed by atoms with E-state index in [9.17, 15) is 4.79 Å². The molecule has 7 heteroatoms. The number of aromatic amines is 1. The van der Waals surface area contributed by atoms with Crippen LogP contribution < -0.4 is 5.32 Å². The molecule has 21 heavy (non-hydrogen) atoms. The van der Waals surface area contributed by atoms with Gasteiger partial charge < -0.3 is 10.4 Å². The molecule has 7 nitrogen and oxygen atoms in total. The fraction of sp³-hybridized carbons (Fsp3) is 0.429. The van der Waals surface area contributed by atoms with Crippen LogP contribution in [0.2, 0.25) is 0 Å². The van der Waals surface area contributed by atoms with Gasteiger partial charge in [-0.3, -0.25) is 4.79 Å². The van der Waals surface area contributed by atoms with Gasteiger partial charge in [-0.2, -0.15) is 5.21 Å². The molecule has 0 saturated carbocycles. The molecule has 2 aromatic rings. The van der Waals surface area contributed by atoms with Crippen LogP contribution in [0.25, 0.3) is 11.4 Å². The summed E-state index contributed by atoms with van der Waals surface area (Å²) in [7, 11) is 0. The summed E-state index contributed by atoms with van der Waals surface area (Å²) >= 11 is 0. The lowest BCUT2D eigenvalue weighted by molar-refractivity contribution is 0.0916. The van der Waals surface area contributed by atoms with Crippen molar-refractivity contribution >= 4 is 5.91 Å². The van der Waals surface area contributed by atoms with Crippen LogP contribution in [0.4, 0.5) is 0 Å². The van der Waals surface area contributed by atoms with Gasteiger partial charge in [-0.15, -0.1) is 10.2 Å². The van der Waals surface area contributed by atoms with Gasteiger partial charge >= 0.3 is 0 Å². The summed E-state index contributed by atoms with van der Waals surface area (Å²) < 4.78 is 0. The van der Waals surface area contributed by atoms with Gasteiger partial charge in [-0.1, -0.05) is 26.0 Å². The smallest absolute Gasteiger partial charge is 0.251 e. The van der Waals surface area contributed by atoms with Crippen molar-refractivity contribution in [2.24, 2.45) is 5.92 Å². The fourth-order valence-electron chi connectivity index (χ4n) is 2.02. The summed E-state index contributed by atoms with van der Waals surface area (Å²) in [6.45, 7) is 4.08. The zero-order chi connectivity index (χ0) is 15.2. The number of carbonyl (C=O) groups is 1. The second-order valence-electron chi connectivity index (χ2n) is 5.15. The Labute approximate surface area is 122 Å². The van der Waals surface area contributed by atoms with Gasteiger partial charge in [-0.05, 0) is 29.7 Å². The number of aliphatic hydroxyl groups is 1. The van der Waals surface area contributed by atoms with Crippen LogP contribution in [0, 0.1) is 5.92 Å². The summed E-state index contributed by atoms with van der Waals surface area (Å²) in [4.78, 5) is 12.2. The number of rotatable bonds is 6. The third-order valence-electron chi connectivity index (χ3n) is 3.31. The Morgan fingerprint density at radius 3 is 2.57 bits per heavy atom. The molecule has 1 aromatic carbocycles. The summed E-state index contributed by atoms with van der Waals surface area (Å²) in [5.74, 6) is 0.601. The lowest BCUT2D eigenvalue weighted by Crippen LogP contribution is -2.39. The molecule has 0 saturated heterocycles. The molecule has 0 radical (unpaired) electrons. The van der Waals surface area contributed by atoms with Gasteiger partial charge in [0, 0.05) is 23.8 Å². The normalized spacial score (nSPS) is 12.4. The predicted octanol–water partition coefficient (Wildman–Crippen LogP) is 1.00. The van der Waals surface area contributed by atoms with E-state index in [1.54, 1.807) is 24.3 Å². The molecule has 0 aliphatic carbocycles. The predicted molar refractivity (Wildman–Crippen MR) is 77.4 cm³/mol. The molecular formula is C14H19N5O2. The lowest BCUT2D eigenvalue weighted by atomic mass is 10.0. The zero-order valence-corrected chi connectivity index (χ0v) is 12.1. The standard InChI is InChI=1S/C14H19N5O2/c1-9(2)12(7-8-20)15-14(21)11-5-3-10(4-6-11)13-16-18-19-17-13/h3-6,9,12,20H,7-8H2,1-2H3,(H,15,21)(H,16,17,18,19). The van der Waals surface area contributed by atoms with E-state index in [0.29, 0.717) is 17.8 Å². The minimum Gasteiger partial charge on any atom is -0.396 e. The van der Waals surface area contributed by atoms with E-state index in [1.807, 2.05) is 13.8 Å². The first kappa shape index (κ1) is 15.1. The van der Waals surface area contributed by atoms with Crippen molar-refractivity contribution in [3.05, 3.63) is 29.8 Å². The zero-order valence-electron chi connectivity index (χ0n) is 12.1. The molecule has 0 bridgehead atoms. The molecule has 0 aliphatic rings. The van der Waals surface area contributed by atoms with Crippen molar-refractivity contribution in [3.8, 4) is 11.4 Å². The maximum absolute atomic E-state index is 12.2. The maximum Gasteiger partial charge on any atom is 0.251 e. The summed E-state index contributed by atoms with van der Waals surface area (Å²) in [6.07, 6.45) is 0.546. The van der Waals surface area contributed by atoms with Crippen molar-refractivity contribution in [2.75, 3.05) is 6.61 Å². The first-order valence-corrected chi connectivity index (χ1v) is 6.87. The van der Waals surface area contributed by atoms with Crippen LogP contribution in [0.1, 0.15) is 30.6 Å². The van der Waals surface area contributed by atoms with Crippen LogP contribution in [0.15, 0.2) is 24.3 Å².